The Labute approximate surface area is 142 Å². The van der Waals surface area contributed by atoms with Crippen LogP contribution in [0.5, 0.6) is 0 Å². The Balaban J connectivity index is 2.32. The van der Waals surface area contributed by atoms with Crippen LogP contribution in [-0.4, -0.2) is 16.0 Å². The molecule has 3 aromatic rings. The first-order valence-corrected chi connectivity index (χ1v) is 8.09. The first-order chi connectivity index (χ1) is 10.2. The number of benzene rings is 3. The van der Waals surface area contributed by atoms with Crippen molar-refractivity contribution >= 4 is 43.7 Å². The Morgan fingerprint density at radius 2 is 1.10 bits per heavy atom. The van der Waals surface area contributed by atoms with E-state index in [9.17, 15) is 0 Å². The van der Waals surface area contributed by atoms with Gasteiger partial charge in [0.05, 0.1) is 0 Å². The molecule has 0 N–H and O–H groups in total. The molecule has 0 spiro atoms. The van der Waals surface area contributed by atoms with Crippen molar-refractivity contribution < 1.29 is 0 Å². The van der Waals surface area contributed by atoms with Crippen molar-refractivity contribution in [2.24, 2.45) is 0 Å². The topological polar surface area (TPSA) is 0 Å². The zero-order valence-corrected chi connectivity index (χ0v) is 14.2. The number of halogens is 2. The van der Waals surface area contributed by atoms with Crippen LogP contribution in [0.4, 0.5) is 0 Å². The molecule has 3 rings (SSSR count). The Kier molecular flexibility index (Phi) is 4.37. The Bertz CT molecular complexity index is 797. The summed E-state index contributed by atoms with van der Waals surface area (Å²) in [6.07, 6.45) is 0. The molecule has 0 aliphatic rings. The van der Waals surface area contributed by atoms with E-state index in [2.05, 4.69) is 22.1 Å². The van der Waals surface area contributed by atoms with Gasteiger partial charge in [-0.15, -0.1) is 0 Å². The van der Waals surface area contributed by atoms with E-state index in [1.54, 1.807) is 0 Å². The molecule has 0 nitrogen and oxygen atoms in total. The fourth-order valence-electron chi connectivity index (χ4n) is 2.38. The molecule has 0 saturated carbocycles. The molecule has 0 aliphatic carbocycles. The summed E-state index contributed by atoms with van der Waals surface area (Å²) in [5.74, 6) is 0. The van der Waals surface area contributed by atoms with Crippen LogP contribution in [0.25, 0.3) is 22.3 Å². The van der Waals surface area contributed by atoms with Gasteiger partial charge in [-0.3, -0.25) is 0 Å². The summed E-state index contributed by atoms with van der Waals surface area (Å²) in [6.45, 7) is 0. The van der Waals surface area contributed by atoms with Gasteiger partial charge >= 0.3 is 143 Å². The second kappa shape index (κ2) is 6.25. The molecule has 0 heterocycles. The summed E-state index contributed by atoms with van der Waals surface area (Å²) in [4.78, 5) is 0. The van der Waals surface area contributed by atoms with Gasteiger partial charge in [-0.25, -0.2) is 0 Å². The van der Waals surface area contributed by atoms with Gasteiger partial charge in [0, 0.05) is 0 Å². The zero-order valence-electron chi connectivity index (χ0n) is 11.0. The van der Waals surface area contributed by atoms with Crippen molar-refractivity contribution in [3.8, 4) is 22.3 Å². The molecule has 21 heavy (non-hydrogen) atoms. The van der Waals surface area contributed by atoms with E-state index < -0.39 is 0 Å². The van der Waals surface area contributed by atoms with E-state index in [-0.39, 0.29) is 0 Å². The maximum atomic E-state index is 6.38. The molecule has 0 unspecified atom stereocenters. The van der Waals surface area contributed by atoms with Crippen LogP contribution in [-0.2, 0) is 0 Å². The minimum atomic E-state index is 0.730. The van der Waals surface area contributed by atoms with Crippen molar-refractivity contribution in [3.63, 3.8) is 0 Å². The van der Waals surface area contributed by atoms with Crippen LogP contribution in [0.1, 0.15) is 0 Å². The van der Waals surface area contributed by atoms with Crippen LogP contribution in [0, 0.1) is 0 Å². The molecule has 2 radical (unpaired) electrons. The van der Waals surface area contributed by atoms with Crippen LogP contribution in [0.2, 0.25) is 10.0 Å². The third kappa shape index (κ3) is 2.88. The summed E-state index contributed by atoms with van der Waals surface area (Å²) < 4.78 is 1.06. The van der Waals surface area contributed by atoms with Crippen molar-refractivity contribution in [2.45, 2.75) is 0 Å². The van der Waals surface area contributed by atoms with Gasteiger partial charge in [0.15, 0.2) is 0 Å². The average Bonchev–Trinajstić information content (AvgIpc) is 2.49. The molecular formula is C18H11Cl2Se+. The van der Waals surface area contributed by atoms with Crippen molar-refractivity contribution in [1.82, 2.24) is 0 Å². The third-order valence-corrected chi connectivity index (χ3v) is 4.71. The van der Waals surface area contributed by atoms with Crippen molar-refractivity contribution in [2.75, 3.05) is 0 Å². The standard InChI is InChI=1S/C18H11Cl2Se/c19-15-9-3-1-6-12(15)13-8-5-11-17(21)18(13)14-7-2-4-10-16(14)20/h1-11H/q+1. The quantitative estimate of drug-likeness (QED) is 0.544. The fourth-order valence-corrected chi connectivity index (χ4v) is 3.47. The van der Waals surface area contributed by atoms with Gasteiger partial charge in [0.25, 0.3) is 0 Å². The number of hydrogen-bond donors (Lipinski definition) is 0. The van der Waals surface area contributed by atoms with Crippen LogP contribution in [0.3, 0.4) is 0 Å². The van der Waals surface area contributed by atoms with Crippen LogP contribution in [0.15, 0.2) is 66.7 Å². The van der Waals surface area contributed by atoms with E-state index >= 15 is 0 Å². The van der Waals surface area contributed by atoms with Gasteiger partial charge in [-0.2, -0.15) is 0 Å². The summed E-state index contributed by atoms with van der Waals surface area (Å²) in [5, 5.41) is 1.46. The maximum absolute atomic E-state index is 6.38. The van der Waals surface area contributed by atoms with E-state index in [4.69, 9.17) is 23.2 Å². The molecule has 0 aromatic heterocycles. The molecule has 0 fully saturated rings. The van der Waals surface area contributed by atoms with Crippen molar-refractivity contribution in [3.05, 3.63) is 76.8 Å². The zero-order chi connectivity index (χ0) is 14.8. The summed E-state index contributed by atoms with van der Waals surface area (Å²) in [5.41, 5.74) is 4.16. The van der Waals surface area contributed by atoms with Gasteiger partial charge in [-0.05, 0) is 0 Å². The van der Waals surface area contributed by atoms with E-state index in [1.165, 1.54) is 0 Å². The summed E-state index contributed by atoms with van der Waals surface area (Å²) >= 11 is 15.9. The van der Waals surface area contributed by atoms with Gasteiger partial charge in [-0.1, -0.05) is 0 Å². The molecule has 0 saturated heterocycles. The van der Waals surface area contributed by atoms with Crippen molar-refractivity contribution in [1.29, 1.82) is 0 Å². The minimum absolute atomic E-state index is 0.730. The van der Waals surface area contributed by atoms with Gasteiger partial charge < -0.3 is 0 Å². The number of rotatable bonds is 2. The second-order valence-corrected chi connectivity index (χ2v) is 6.38. The van der Waals surface area contributed by atoms with E-state index in [0.717, 1.165) is 36.8 Å². The Morgan fingerprint density at radius 3 is 1.71 bits per heavy atom. The molecule has 0 amide bonds. The van der Waals surface area contributed by atoms with Gasteiger partial charge in [0.1, 0.15) is 0 Å². The van der Waals surface area contributed by atoms with Crippen LogP contribution >= 0.6 is 23.2 Å². The first-order valence-electron chi connectivity index (χ1n) is 6.48. The summed E-state index contributed by atoms with van der Waals surface area (Å²) in [6, 6.07) is 21.8. The predicted octanol–water partition coefficient (Wildman–Crippen LogP) is 5.12. The molecule has 3 aromatic carbocycles. The third-order valence-electron chi connectivity index (χ3n) is 3.33. The first kappa shape index (κ1) is 14.7. The SMILES string of the molecule is Clc1ccccc1-c1cccc([Se+])c1-c1ccccc1Cl. The molecule has 0 aliphatic heterocycles. The predicted molar refractivity (Wildman–Crippen MR) is 92.7 cm³/mol. The number of hydrogen-bond acceptors (Lipinski definition) is 0. The van der Waals surface area contributed by atoms with Gasteiger partial charge in [0.2, 0.25) is 0 Å². The monoisotopic (exact) mass is 377 g/mol. The fraction of sp³-hybridized carbons (Fsp3) is 0. The molecular weight excluding hydrogens is 366 g/mol. The molecule has 3 heteroatoms. The summed E-state index contributed by atoms with van der Waals surface area (Å²) in [7, 11) is 0. The molecule has 102 valence electrons. The molecule has 0 bridgehead atoms. The normalized spacial score (nSPS) is 10.6. The second-order valence-electron chi connectivity index (χ2n) is 4.64. The Hall–Kier alpha value is -1.24. The van der Waals surface area contributed by atoms with Crippen LogP contribution < -0.4 is 4.46 Å². The van der Waals surface area contributed by atoms with E-state index in [0.29, 0.717) is 0 Å². The Morgan fingerprint density at radius 1 is 0.571 bits per heavy atom. The molecule has 0 atom stereocenters. The average molecular weight is 377 g/mol. The van der Waals surface area contributed by atoms with E-state index in [1.807, 2.05) is 60.7 Å².